The Hall–Kier alpha value is -2.29. The molecule has 3 nitrogen and oxygen atoms in total. The molecule has 1 aliphatic carbocycles. The third-order valence-electron chi connectivity index (χ3n) is 3.15. The predicted molar refractivity (Wildman–Crippen MR) is 75.1 cm³/mol. The van der Waals surface area contributed by atoms with Gasteiger partial charge in [-0.3, -0.25) is 9.59 Å². The van der Waals surface area contributed by atoms with Crippen LogP contribution in [0.4, 0.5) is 0 Å². The fourth-order valence-electron chi connectivity index (χ4n) is 1.85. The summed E-state index contributed by atoms with van der Waals surface area (Å²) < 4.78 is 0. The highest BCUT2D eigenvalue weighted by molar-refractivity contribution is 6.23. The van der Waals surface area contributed by atoms with Crippen molar-refractivity contribution in [3.05, 3.63) is 59.2 Å². The maximum absolute atomic E-state index is 11.9. The normalized spacial score (nSPS) is 17.2. The molecule has 0 atom stereocenters. The smallest absolute Gasteiger partial charge is 0.250 e. The molecule has 0 bridgehead atoms. The molecule has 0 spiro atoms. The highest BCUT2D eigenvalue weighted by atomic mass is 16.1. The van der Waals surface area contributed by atoms with Crippen LogP contribution in [0, 0.1) is 0 Å². The quantitative estimate of drug-likeness (QED) is 0.761. The predicted octanol–water partition coefficient (Wildman–Crippen LogP) is 2.67. The van der Waals surface area contributed by atoms with E-state index >= 15 is 0 Å². The fraction of sp³-hybridized carbons (Fsp3) is 0.188. The zero-order valence-electron chi connectivity index (χ0n) is 11.0. The van der Waals surface area contributed by atoms with E-state index in [2.05, 4.69) is 4.99 Å². The van der Waals surface area contributed by atoms with Crippen LogP contribution in [0.3, 0.4) is 0 Å². The Morgan fingerprint density at radius 1 is 1.05 bits per heavy atom. The lowest BCUT2D eigenvalue weighted by molar-refractivity contribution is -0.117. The van der Waals surface area contributed by atoms with Gasteiger partial charge in [0.25, 0.3) is 5.91 Å². The summed E-state index contributed by atoms with van der Waals surface area (Å²) in [5, 5.41) is 0. The average molecular weight is 253 g/mol. The minimum Gasteiger partial charge on any atom is -0.290 e. The molecule has 2 rings (SSSR count). The lowest BCUT2D eigenvalue weighted by Gasteiger charge is -2.10. The molecule has 0 unspecified atom stereocenters. The monoisotopic (exact) mass is 253 g/mol. The van der Waals surface area contributed by atoms with E-state index < -0.39 is 0 Å². The average Bonchev–Trinajstić information content (AvgIpc) is 2.41. The zero-order valence-corrected chi connectivity index (χ0v) is 11.0. The molecule has 0 radical (unpaired) electrons. The number of allylic oxidation sites excluding steroid dienone is 4. The lowest BCUT2D eigenvalue weighted by Crippen LogP contribution is -2.13. The standard InChI is InChI=1S/C16H15NO2/c1-11-12(2)15(18)9-8-14(11)17-16(19)10-13-6-4-3-5-7-13/h3-9H,10H2,1-2H3. The third-order valence-corrected chi connectivity index (χ3v) is 3.15. The van der Waals surface area contributed by atoms with Gasteiger partial charge in [-0.05, 0) is 37.1 Å². The first-order valence-corrected chi connectivity index (χ1v) is 6.13. The summed E-state index contributed by atoms with van der Waals surface area (Å²) in [6.07, 6.45) is 3.34. The number of rotatable bonds is 2. The van der Waals surface area contributed by atoms with Crippen LogP contribution < -0.4 is 0 Å². The summed E-state index contributed by atoms with van der Waals surface area (Å²) >= 11 is 0. The van der Waals surface area contributed by atoms with Gasteiger partial charge in [-0.2, -0.15) is 0 Å². The molecule has 1 aromatic rings. The van der Waals surface area contributed by atoms with E-state index in [-0.39, 0.29) is 18.1 Å². The van der Waals surface area contributed by atoms with Gasteiger partial charge in [0.05, 0.1) is 12.1 Å². The van der Waals surface area contributed by atoms with Crippen LogP contribution in [0.15, 0.2) is 58.6 Å². The summed E-state index contributed by atoms with van der Waals surface area (Å²) in [5.74, 6) is -0.223. The highest BCUT2D eigenvalue weighted by Gasteiger charge is 2.15. The van der Waals surface area contributed by atoms with E-state index in [0.29, 0.717) is 11.3 Å². The first-order valence-electron chi connectivity index (χ1n) is 6.13. The molecule has 0 aromatic heterocycles. The Bertz CT molecular complexity index is 607. The van der Waals surface area contributed by atoms with Gasteiger partial charge < -0.3 is 0 Å². The Balaban J connectivity index is 2.16. The first-order chi connectivity index (χ1) is 9.08. The number of nitrogens with zero attached hydrogens (tertiary/aromatic N) is 1. The van der Waals surface area contributed by atoms with Gasteiger partial charge in [0, 0.05) is 5.57 Å². The summed E-state index contributed by atoms with van der Waals surface area (Å²) in [5.41, 5.74) is 2.94. The van der Waals surface area contributed by atoms with Crippen LogP contribution >= 0.6 is 0 Å². The van der Waals surface area contributed by atoms with Gasteiger partial charge in [-0.25, -0.2) is 4.99 Å². The van der Waals surface area contributed by atoms with Gasteiger partial charge in [0.15, 0.2) is 5.78 Å². The molecule has 0 aliphatic heterocycles. The van der Waals surface area contributed by atoms with Gasteiger partial charge in [-0.15, -0.1) is 0 Å². The maximum atomic E-state index is 11.9. The largest absolute Gasteiger partial charge is 0.290 e. The Kier molecular flexibility index (Phi) is 3.85. The summed E-state index contributed by atoms with van der Waals surface area (Å²) in [7, 11) is 0. The molecule has 0 fully saturated rings. The maximum Gasteiger partial charge on any atom is 0.250 e. The molecule has 0 heterocycles. The molecule has 19 heavy (non-hydrogen) atoms. The fourth-order valence-corrected chi connectivity index (χ4v) is 1.85. The van der Waals surface area contributed by atoms with Gasteiger partial charge in [0.1, 0.15) is 0 Å². The van der Waals surface area contributed by atoms with Crippen LogP contribution in [0.1, 0.15) is 19.4 Å². The van der Waals surface area contributed by atoms with E-state index in [1.54, 1.807) is 13.0 Å². The van der Waals surface area contributed by atoms with Crippen molar-refractivity contribution in [2.45, 2.75) is 20.3 Å². The number of benzene rings is 1. The van der Waals surface area contributed by atoms with Gasteiger partial charge in [-0.1, -0.05) is 30.3 Å². The Morgan fingerprint density at radius 2 is 1.74 bits per heavy atom. The molecular weight excluding hydrogens is 238 g/mol. The third kappa shape index (κ3) is 3.13. The second kappa shape index (κ2) is 5.57. The summed E-state index contributed by atoms with van der Waals surface area (Å²) in [6, 6.07) is 9.48. The summed E-state index contributed by atoms with van der Waals surface area (Å²) in [6.45, 7) is 3.56. The van der Waals surface area contributed by atoms with E-state index in [9.17, 15) is 9.59 Å². The van der Waals surface area contributed by atoms with Crippen LogP contribution in [0.2, 0.25) is 0 Å². The molecule has 96 valence electrons. The molecule has 1 aromatic carbocycles. The second-order valence-electron chi connectivity index (χ2n) is 4.50. The first kappa shape index (κ1) is 13.1. The van der Waals surface area contributed by atoms with E-state index in [4.69, 9.17) is 0 Å². The van der Waals surface area contributed by atoms with Gasteiger partial charge >= 0.3 is 0 Å². The molecule has 3 heteroatoms. The minimum atomic E-state index is -0.202. The molecule has 0 saturated carbocycles. The number of amides is 1. The highest BCUT2D eigenvalue weighted by Crippen LogP contribution is 2.14. The van der Waals surface area contributed by atoms with Crippen LogP contribution in [0.5, 0.6) is 0 Å². The van der Waals surface area contributed by atoms with Crippen molar-refractivity contribution in [2.75, 3.05) is 0 Å². The van der Waals surface area contributed by atoms with E-state index in [1.807, 2.05) is 37.3 Å². The number of hydrogen-bond donors (Lipinski definition) is 0. The number of carbonyl (C=O) groups excluding carboxylic acids is 2. The summed E-state index contributed by atoms with van der Waals surface area (Å²) in [4.78, 5) is 27.4. The van der Waals surface area contributed by atoms with Crippen LogP contribution in [0.25, 0.3) is 0 Å². The SMILES string of the molecule is CC1=C(C)C(=NC(=O)Cc2ccccc2)C=CC1=O. The topological polar surface area (TPSA) is 46.5 Å². The van der Waals surface area contributed by atoms with Crippen molar-refractivity contribution in [3.63, 3.8) is 0 Å². The van der Waals surface area contributed by atoms with E-state index in [0.717, 1.165) is 11.1 Å². The molecule has 1 amide bonds. The van der Waals surface area contributed by atoms with Crippen molar-refractivity contribution in [3.8, 4) is 0 Å². The van der Waals surface area contributed by atoms with Crippen molar-refractivity contribution in [1.82, 2.24) is 0 Å². The van der Waals surface area contributed by atoms with Crippen molar-refractivity contribution >= 4 is 17.4 Å². The Morgan fingerprint density at radius 3 is 2.42 bits per heavy atom. The Labute approximate surface area is 112 Å². The van der Waals surface area contributed by atoms with Crippen molar-refractivity contribution in [2.24, 2.45) is 4.99 Å². The van der Waals surface area contributed by atoms with Crippen molar-refractivity contribution < 1.29 is 9.59 Å². The zero-order chi connectivity index (χ0) is 13.8. The molecule has 0 N–H and O–H groups in total. The number of carbonyl (C=O) groups is 2. The second-order valence-corrected chi connectivity index (χ2v) is 4.50. The van der Waals surface area contributed by atoms with Crippen molar-refractivity contribution in [1.29, 1.82) is 0 Å². The minimum absolute atomic E-state index is 0.0213. The molecular formula is C16H15NO2. The molecule has 0 saturated heterocycles. The number of ketones is 1. The number of hydrogen-bond acceptors (Lipinski definition) is 2. The van der Waals surface area contributed by atoms with E-state index in [1.165, 1.54) is 6.08 Å². The molecule has 1 aliphatic rings. The number of aliphatic imine (C=N–C) groups is 1. The van der Waals surface area contributed by atoms with Crippen LogP contribution in [-0.2, 0) is 16.0 Å². The van der Waals surface area contributed by atoms with Crippen LogP contribution in [-0.4, -0.2) is 17.4 Å². The van der Waals surface area contributed by atoms with Gasteiger partial charge in [0.2, 0.25) is 0 Å². The lowest BCUT2D eigenvalue weighted by atomic mass is 9.97.